The van der Waals surface area contributed by atoms with E-state index in [1.165, 1.54) is 25.0 Å². The van der Waals surface area contributed by atoms with Crippen LogP contribution >= 0.6 is 0 Å². The lowest BCUT2D eigenvalue weighted by Gasteiger charge is -2.23. The molecule has 212 valence electrons. The summed E-state index contributed by atoms with van der Waals surface area (Å²) in [6.45, 7) is 24.6. The summed E-state index contributed by atoms with van der Waals surface area (Å²) in [5.41, 5.74) is 8.32. The van der Waals surface area contributed by atoms with Gasteiger partial charge in [0.25, 0.3) is 0 Å². The number of aromatic nitrogens is 1. The van der Waals surface area contributed by atoms with E-state index in [1.807, 2.05) is 6.92 Å². The molecule has 0 saturated carbocycles. The molecule has 1 heterocycles. The van der Waals surface area contributed by atoms with Crippen LogP contribution in [0.2, 0.25) is 0 Å². The van der Waals surface area contributed by atoms with Crippen molar-refractivity contribution >= 4 is 17.3 Å². The fourth-order valence-corrected chi connectivity index (χ4v) is 3.84. The van der Waals surface area contributed by atoms with Gasteiger partial charge in [-0.25, -0.2) is 13.8 Å². The fraction of sp³-hybridized carbons (Fsp3) is 0.516. The maximum absolute atomic E-state index is 14.9. The van der Waals surface area contributed by atoms with Gasteiger partial charge >= 0.3 is 0 Å². The average Bonchev–Trinajstić information content (AvgIpc) is 2.82. The summed E-state index contributed by atoms with van der Waals surface area (Å²) in [5, 5.41) is 9.48. The van der Waals surface area contributed by atoms with Gasteiger partial charge in [0.2, 0.25) is 0 Å². The van der Waals surface area contributed by atoms with Gasteiger partial charge in [0.05, 0.1) is 0 Å². The Kier molecular flexibility index (Phi) is 13.9. The van der Waals surface area contributed by atoms with Crippen molar-refractivity contribution in [2.75, 3.05) is 17.2 Å². The number of nitrogens with zero attached hydrogens (tertiary/aromatic N) is 1. The van der Waals surface area contributed by atoms with E-state index in [1.54, 1.807) is 13.0 Å². The van der Waals surface area contributed by atoms with Crippen LogP contribution in [-0.2, 0) is 0 Å². The molecule has 0 aliphatic heterocycles. The number of halogens is 2. The topological polar surface area (TPSA) is 75.0 Å². The van der Waals surface area contributed by atoms with Gasteiger partial charge in [-0.1, -0.05) is 79.2 Å². The first-order valence-electron chi connectivity index (χ1n) is 13.6. The molecule has 0 saturated heterocycles. The number of nitrogens with one attached hydrogen (secondary N) is 3. The van der Waals surface area contributed by atoms with Crippen LogP contribution in [0.15, 0.2) is 60.7 Å². The van der Waals surface area contributed by atoms with Crippen LogP contribution in [0.4, 0.5) is 20.4 Å². The molecule has 0 aromatic carbocycles. The number of hydrogen-bond donors (Lipinski definition) is 4. The standard InChI is InChI=1S/C31H49F2N5/c1-10-12-13-14-15-16-21(3)27(32)17-25(11-2)37-29-26(24(6)34)18-28(33)30(38-29)36-23(5)20-35-22(4)19-31(7,8)9/h11,17-18,23,35H,3-4,6,10,12-16,19-20,34H2,1-2,5,7-9H3,(H2,36,37,38)/b25-11+,27-17+. The molecule has 0 aliphatic carbocycles. The van der Waals surface area contributed by atoms with Crippen molar-refractivity contribution in [2.24, 2.45) is 11.1 Å². The zero-order valence-electron chi connectivity index (χ0n) is 24.4. The molecule has 1 rings (SSSR count). The van der Waals surface area contributed by atoms with E-state index in [-0.39, 0.29) is 28.8 Å². The molecular formula is C31H49F2N5. The quantitative estimate of drug-likeness (QED) is 0.120. The predicted molar refractivity (Wildman–Crippen MR) is 161 cm³/mol. The van der Waals surface area contributed by atoms with Gasteiger partial charge in [-0.3, -0.25) is 0 Å². The molecule has 5 N–H and O–H groups in total. The summed E-state index contributed by atoms with van der Waals surface area (Å²) in [4.78, 5) is 4.43. The van der Waals surface area contributed by atoms with Gasteiger partial charge in [0.1, 0.15) is 11.6 Å². The van der Waals surface area contributed by atoms with Gasteiger partial charge < -0.3 is 21.7 Å². The second kappa shape index (κ2) is 16.0. The van der Waals surface area contributed by atoms with Gasteiger partial charge in [0, 0.05) is 35.2 Å². The van der Waals surface area contributed by atoms with Gasteiger partial charge in [0.15, 0.2) is 11.6 Å². The molecule has 7 heteroatoms. The van der Waals surface area contributed by atoms with Gasteiger partial charge in [-0.2, -0.15) is 0 Å². The van der Waals surface area contributed by atoms with Crippen LogP contribution < -0.4 is 21.7 Å². The van der Waals surface area contributed by atoms with Gasteiger partial charge in [-0.05, 0) is 56.2 Å². The normalized spacial score (nSPS) is 13.2. The zero-order valence-corrected chi connectivity index (χ0v) is 24.4. The first kappa shape index (κ1) is 32.9. The van der Waals surface area contributed by atoms with E-state index in [0.29, 0.717) is 29.8 Å². The molecule has 0 radical (unpaired) electrons. The lowest BCUT2D eigenvalue weighted by molar-refractivity contribution is 0.398. The third-order valence-electron chi connectivity index (χ3n) is 5.88. The number of nitrogens with two attached hydrogens (primary N) is 1. The molecule has 1 aromatic rings. The molecule has 1 atom stereocenters. The first-order chi connectivity index (χ1) is 17.8. The molecule has 38 heavy (non-hydrogen) atoms. The SMILES string of the molecule is C=C(CC(C)(C)C)NCC(C)Nc1nc(NC(=C/C)/C=C(/F)C(=C)CCCCCCC)c(C(=C)N)cc1F. The maximum atomic E-state index is 14.9. The summed E-state index contributed by atoms with van der Waals surface area (Å²) in [6, 6.07) is 1.13. The van der Waals surface area contributed by atoms with Crippen LogP contribution in [0, 0.1) is 11.2 Å². The molecule has 0 bridgehead atoms. The van der Waals surface area contributed by atoms with Crippen LogP contribution in [0.1, 0.15) is 92.1 Å². The Morgan fingerprint density at radius 2 is 1.79 bits per heavy atom. The van der Waals surface area contributed by atoms with Crippen LogP contribution in [0.5, 0.6) is 0 Å². The molecule has 0 spiro atoms. The number of hydrogen-bond acceptors (Lipinski definition) is 5. The third kappa shape index (κ3) is 12.4. The minimum Gasteiger partial charge on any atom is -0.399 e. The summed E-state index contributed by atoms with van der Waals surface area (Å²) in [7, 11) is 0. The van der Waals surface area contributed by atoms with E-state index in [9.17, 15) is 8.78 Å². The van der Waals surface area contributed by atoms with Crippen molar-refractivity contribution in [1.29, 1.82) is 0 Å². The zero-order chi connectivity index (χ0) is 28.9. The van der Waals surface area contributed by atoms with Gasteiger partial charge in [-0.15, -0.1) is 0 Å². The Hall–Kier alpha value is -3.09. The number of allylic oxidation sites excluding steroid dienone is 5. The highest BCUT2D eigenvalue weighted by Gasteiger charge is 2.17. The van der Waals surface area contributed by atoms with E-state index in [0.717, 1.165) is 31.4 Å². The van der Waals surface area contributed by atoms with Crippen molar-refractivity contribution in [3.63, 3.8) is 0 Å². The molecule has 0 amide bonds. The van der Waals surface area contributed by atoms with Crippen molar-refractivity contribution in [2.45, 2.75) is 92.5 Å². The number of unbranched alkanes of at least 4 members (excludes halogenated alkanes) is 4. The Bertz CT molecular complexity index is 1020. The highest BCUT2D eigenvalue weighted by atomic mass is 19.1. The lowest BCUT2D eigenvalue weighted by atomic mass is 9.91. The molecule has 0 fully saturated rings. The van der Waals surface area contributed by atoms with Crippen molar-refractivity contribution in [3.05, 3.63) is 72.1 Å². The number of rotatable bonds is 17. The van der Waals surface area contributed by atoms with E-state index in [4.69, 9.17) is 5.73 Å². The maximum Gasteiger partial charge on any atom is 0.166 e. The second-order valence-electron chi connectivity index (χ2n) is 11.1. The first-order valence-corrected chi connectivity index (χ1v) is 13.6. The third-order valence-corrected chi connectivity index (χ3v) is 5.88. The number of pyridine rings is 1. The Morgan fingerprint density at radius 3 is 2.37 bits per heavy atom. The Labute approximate surface area is 229 Å². The molecule has 5 nitrogen and oxygen atoms in total. The minimum absolute atomic E-state index is 0.0598. The van der Waals surface area contributed by atoms with E-state index >= 15 is 0 Å². The average molecular weight is 530 g/mol. The molecular weight excluding hydrogens is 480 g/mol. The highest BCUT2D eigenvalue weighted by molar-refractivity contribution is 5.74. The smallest absolute Gasteiger partial charge is 0.166 e. The fourth-order valence-electron chi connectivity index (χ4n) is 3.84. The van der Waals surface area contributed by atoms with Crippen molar-refractivity contribution < 1.29 is 8.78 Å². The Morgan fingerprint density at radius 1 is 1.13 bits per heavy atom. The largest absolute Gasteiger partial charge is 0.399 e. The van der Waals surface area contributed by atoms with Crippen LogP contribution in [0.25, 0.3) is 5.70 Å². The molecule has 1 unspecified atom stereocenters. The van der Waals surface area contributed by atoms with Crippen LogP contribution in [-0.4, -0.2) is 17.6 Å². The van der Waals surface area contributed by atoms with E-state index in [2.05, 4.69) is 68.4 Å². The summed E-state index contributed by atoms with van der Waals surface area (Å²) < 4.78 is 29.8. The summed E-state index contributed by atoms with van der Waals surface area (Å²) in [5.74, 6) is -0.617. The summed E-state index contributed by atoms with van der Waals surface area (Å²) in [6.07, 6.45) is 9.99. The number of anilines is 2. The second-order valence-corrected chi connectivity index (χ2v) is 11.1. The lowest BCUT2D eigenvalue weighted by Crippen LogP contribution is -2.31. The monoisotopic (exact) mass is 529 g/mol. The minimum atomic E-state index is -0.558. The van der Waals surface area contributed by atoms with Crippen molar-refractivity contribution in [3.8, 4) is 0 Å². The predicted octanol–water partition coefficient (Wildman–Crippen LogP) is 8.58. The molecule has 0 aliphatic rings. The van der Waals surface area contributed by atoms with E-state index < -0.39 is 11.6 Å². The van der Waals surface area contributed by atoms with Crippen LogP contribution in [0.3, 0.4) is 0 Å². The summed E-state index contributed by atoms with van der Waals surface area (Å²) >= 11 is 0. The highest BCUT2D eigenvalue weighted by Crippen LogP contribution is 2.27. The Balaban J connectivity index is 2.98. The molecule has 1 aromatic heterocycles. The van der Waals surface area contributed by atoms with Crippen molar-refractivity contribution in [1.82, 2.24) is 10.3 Å².